The zero-order valence-electron chi connectivity index (χ0n) is 12.8. The molecule has 3 aromatic carbocycles. The zero-order valence-corrected chi connectivity index (χ0v) is 12.8. The average molecular weight is 320 g/mol. The van der Waals surface area contributed by atoms with E-state index >= 15 is 0 Å². The molecule has 3 aromatic rings. The summed E-state index contributed by atoms with van der Waals surface area (Å²) in [5.74, 6) is -0.579. The Hall–Kier alpha value is -3.27. The lowest BCUT2D eigenvalue weighted by Gasteiger charge is -2.15. The first-order valence-electron chi connectivity index (χ1n) is 7.47. The molecule has 4 heteroatoms. The molecule has 0 amide bonds. The molecule has 120 valence electrons. The van der Waals surface area contributed by atoms with Crippen LogP contribution in [0.5, 0.6) is 11.5 Å². The van der Waals surface area contributed by atoms with Gasteiger partial charge in [-0.1, -0.05) is 42.5 Å². The summed E-state index contributed by atoms with van der Waals surface area (Å²) in [5, 5.41) is 28.2. The smallest absolute Gasteiger partial charge is 0.307 e. The van der Waals surface area contributed by atoms with Crippen molar-refractivity contribution >= 4 is 5.97 Å². The van der Waals surface area contributed by atoms with Crippen molar-refractivity contribution in [3.8, 4) is 33.8 Å². The van der Waals surface area contributed by atoms with E-state index in [1.807, 2.05) is 12.1 Å². The molecule has 4 nitrogen and oxygen atoms in total. The molecule has 0 spiro atoms. The number of benzene rings is 3. The van der Waals surface area contributed by atoms with Crippen LogP contribution in [0.25, 0.3) is 22.3 Å². The quantitative estimate of drug-likeness (QED) is 0.677. The fourth-order valence-corrected chi connectivity index (χ4v) is 2.76. The largest absolute Gasteiger partial charge is 0.508 e. The fraction of sp³-hybridized carbons (Fsp3) is 0.0500. The van der Waals surface area contributed by atoms with Crippen LogP contribution < -0.4 is 0 Å². The van der Waals surface area contributed by atoms with E-state index in [9.17, 15) is 20.1 Å². The summed E-state index contributed by atoms with van der Waals surface area (Å²) >= 11 is 0. The predicted octanol–water partition coefficient (Wildman–Crippen LogP) is 4.06. The van der Waals surface area contributed by atoms with Crippen LogP contribution in [0.4, 0.5) is 0 Å². The zero-order chi connectivity index (χ0) is 17.1. The highest BCUT2D eigenvalue weighted by molar-refractivity contribution is 5.88. The second kappa shape index (κ2) is 6.46. The Morgan fingerprint density at radius 1 is 0.750 bits per heavy atom. The highest BCUT2D eigenvalue weighted by Crippen LogP contribution is 2.36. The maximum atomic E-state index is 11.2. The summed E-state index contributed by atoms with van der Waals surface area (Å²) in [6.07, 6.45) is -0.0951. The van der Waals surface area contributed by atoms with Crippen LogP contribution in [0.1, 0.15) is 5.56 Å². The van der Waals surface area contributed by atoms with E-state index in [0.29, 0.717) is 5.56 Å². The third-order valence-electron chi connectivity index (χ3n) is 3.83. The molecule has 0 fully saturated rings. The summed E-state index contributed by atoms with van der Waals surface area (Å²) in [5.41, 5.74) is 4.08. The minimum atomic E-state index is -0.905. The molecule has 0 aliphatic heterocycles. The average Bonchev–Trinajstić information content (AvgIpc) is 2.56. The molecule has 0 radical (unpaired) electrons. The van der Waals surface area contributed by atoms with Gasteiger partial charge in [0.1, 0.15) is 11.5 Å². The number of hydrogen-bond acceptors (Lipinski definition) is 3. The van der Waals surface area contributed by atoms with Gasteiger partial charge in [-0.2, -0.15) is 0 Å². The number of carboxylic acids is 1. The van der Waals surface area contributed by atoms with Crippen LogP contribution >= 0.6 is 0 Å². The van der Waals surface area contributed by atoms with Crippen LogP contribution in [0.3, 0.4) is 0 Å². The summed E-state index contributed by atoms with van der Waals surface area (Å²) in [4.78, 5) is 11.2. The third-order valence-corrected chi connectivity index (χ3v) is 3.83. The van der Waals surface area contributed by atoms with Gasteiger partial charge in [-0.05, 0) is 52.1 Å². The Morgan fingerprint density at radius 2 is 1.29 bits per heavy atom. The first-order valence-corrected chi connectivity index (χ1v) is 7.47. The Morgan fingerprint density at radius 3 is 1.83 bits per heavy atom. The van der Waals surface area contributed by atoms with E-state index in [-0.39, 0.29) is 17.9 Å². The number of carbonyl (C=O) groups is 1. The molecule has 0 saturated carbocycles. The van der Waals surface area contributed by atoms with Gasteiger partial charge in [-0.3, -0.25) is 4.79 Å². The first-order chi connectivity index (χ1) is 11.5. The van der Waals surface area contributed by atoms with Gasteiger partial charge < -0.3 is 15.3 Å². The van der Waals surface area contributed by atoms with Crippen molar-refractivity contribution in [3.05, 3.63) is 72.3 Å². The molecule has 0 aliphatic carbocycles. The van der Waals surface area contributed by atoms with Crippen molar-refractivity contribution in [2.24, 2.45) is 0 Å². The number of phenolic OH excluding ortho intramolecular Hbond substituents is 2. The maximum absolute atomic E-state index is 11.2. The third kappa shape index (κ3) is 3.22. The van der Waals surface area contributed by atoms with Crippen LogP contribution in [0.2, 0.25) is 0 Å². The van der Waals surface area contributed by atoms with Crippen molar-refractivity contribution < 1.29 is 20.1 Å². The Bertz CT molecular complexity index is 865. The van der Waals surface area contributed by atoms with Gasteiger partial charge in [0.25, 0.3) is 0 Å². The van der Waals surface area contributed by atoms with Crippen molar-refractivity contribution in [2.75, 3.05) is 0 Å². The van der Waals surface area contributed by atoms with E-state index in [1.54, 1.807) is 54.6 Å². The van der Waals surface area contributed by atoms with Gasteiger partial charge in [-0.25, -0.2) is 0 Å². The lowest BCUT2D eigenvalue weighted by atomic mass is 9.89. The highest BCUT2D eigenvalue weighted by Gasteiger charge is 2.14. The number of hydrogen-bond donors (Lipinski definition) is 3. The lowest BCUT2D eigenvalue weighted by Crippen LogP contribution is -2.03. The summed E-state index contributed by atoms with van der Waals surface area (Å²) in [6.45, 7) is 0. The minimum Gasteiger partial charge on any atom is -0.508 e. The second-order valence-electron chi connectivity index (χ2n) is 5.50. The van der Waals surface area contributed by atoms with Crippen molar-refractivity contribution in [3.63, 3.8) is 0 Å². The van der Waals surface area contributed by atoms with E-state index in [4.69, 9.17) is 0 Å². The Labute approximate surface area is 139 Å². The standard InChI is InChI=1S/C20H16O4/c21-16-8-4-13(5-9-16)18-3-1-2-15(12-19(23)24)20(18)14-6-10-17(22)11-7-14/h1-11,21-22H,12H2,(H,23,24). The van der Waals surface area contributed by atoms with Crippen LogP contribution in [0.15, 0.2) is 66.7 Å². The van der Waals surface area contributed by atoms with Gasteiger partial charge >= 0.3 is 5.97 Å². The second-order valence-corrected chi connectivity index (χ2v) is 5.50. The molecule has 0 aromatic heterocycles. The van der Waals surface area contributed by atoms with Crippen LogP contribution in [-0.4, -0.2) is 21.3 Å². The molecule has 0 bridgehead atoms. The molecule has 0 atom stereocenters. The number of rotatable bonds is 4. The molecule has 0 unspecified atom stereocenters. The number of aliphatic carboxylic acids is 1. The SMILES string of the molecule is O=C(O)Cc1cccc(-c2ccc(O)cc2)c1-c1ccc(O)cc1. The fourth-order valence-electron chi connectivity index (χ4n) is 2.76. The molecule has 0 heterocycles. The monoisotopic (exact) mass is 320 g/mol. The Kier molecular flexibility index (Phi) is 4.20. The van der Waals surface area contributed by atoms with E-state index in [2.05, 4.69) is 0 Å². The molecule has 24 heavy (non-hydrogen) atoms. The molecule has 0 saturated heterocycles. The van der Waals surface area contributed by atoms with Crippen LogP contribution in [0, 0.1) is 0 Å². The Balaban J connectivity index is 2.22. The van der Waals surface area contributed by atoms with Crippen LogP contribution in [-0.2, 0) is 11.2 Å². The highest BCUT2D eigenvalue weighted by atomic mass is 16.4. The predicted molar refractivity (Wildman–Crippen MR) is 92.0 cm³/mol. The van der Waals surface area contributed by atoms with Crippen molar-refractivity contribution in [1.82, 2.24) is 0 Å². The molecule has 3 rings (SSSR count). The van der Waals surface area contributed by atoms with Crippen molar-refractivity contribution in [2.45, 2.75) is 6.42 Å². The van der Waals surface area contributed by atoms with Gasteiger partial charge in [0.2, 0.25) is 0 Å². The van der Waals surface area contributed by atoms with Crippen molar-refractivity contribution in [1.29, 1.82) is 0 Å². The number of carboxylic acid groups (broad SMARTS) is 1. The van der Waals surface area contributed by atoms with E-state index in [0.717, 1.165) is 22.3 Å². The normalized spacial score (nSPS) is 10.5. The molecular formula is C20H16O4. The van der Waals surface area contributed by atoms with Gasteiger partial charge in [0, 0.05) is 0 Å². The number of phenols is 2. The van der Waals surface area contributed by atoms with E-state index < -0.39 is 5.97 Å². The molecular weight excluding hydrogens is 304 g/mol. The molecule has 0 aliphatic rings. The van der Waals surface area contributed by atoms with Gasteiger partial charge in [0.05, 0.1) is 6.42 Å². The number of aromatic hydroxyl groups is 2. The molecule has 3 N–H and O–H groups in total. The summed E-state index contributed by atoms with van der Waals surface area (Å²) in [7, 11) is 0. The van der Waals surface area contributed by atoms with E-state index in [1.165, 1.54) is 0 Å². The van der Waals surface area contributed by atoms with Gasteiger partial charge in [0.15, 0.2) is 0 Å². The minimum absolute atomic E-state index is 0.0951. The maximum Gasteiger partial charge on any atom is 0.307 e. The summed E-state index contributed by atoms with van der Waals surface area (Å²) in [6, 6.07) is 19.0. The summed E-state index contributed by atoms with van der Waals surface area (Å²) < 4.78 is 0. The topological polar surface area (TPSA) is 77.8 Å². The lowest BCUT2D eigenvalue weighted by molar-refractivity contribution is -0.136. The first kappa shape index (κ1) is 15.6. The van der Waals surface area contributed by atoms with Gasteiger partial charge in [-0.15, -0.1) is 0 Å².